The third kappa shape index (κ3) is 6.51. The van der Waals surface area contributed by atoms with Gasteiger partial charge in [-0.1, -0.05) is 0 Å². The van der Waals surface area contributed by atoms with Gasteiger partial charge in [0.25, 0.3) is 0 Å². The number of hydrogen-bond acceptors (Lipinski definition) is 8. The van der Waals surface area contributed by atoms with E-state index in [1.54, 1.807) is 19.1 Å². The van der Waals surface area contributed by atoms with Gasteiger partial charge in [-0.25, -0.2) is 4.39 Å². The first-order valence-electron chi connectivity index (χ1n) is 15.6. The number of alkyl halides is 7. The molecule has 11 atom stereocenters. The fourth-order valence-electron chi connectivity index (χ4n) is 8.33. The normalized spacial score (nSPS) is 42.7. The summed E-state index contributed by atoms with van der Waals surface area (Å²) < 4.78 is 102. The molecule has 6 N–H and O–H groups in total. The van der Waals surface area contributed by atoms with Crippen molar-refractivity contribution in [2.75, 3.05) is 47.0 Å². The Morgan fingerprint density at radius 1 is 0.955 bits per heavy atom. The third-order valence-electron chi connectivity index (χ3n) is 10.6. The minimum Gasteiger partial charge on any atom is -0.366 e. The van der Waals surface area contributed by atoms with Gasteiger partial charge in [-0.15, -0.1) is 0 Å². The molecule has 4 saturated heterocycles. The number of fused-ring (bicyclic) bond motifs is 1. The Morgan fingerprint density at radius 3 is 2.32 bits per heavy atom. The molecule has 44 heavy (non-hydrogen) atoms. The lowest BCUT2D eigenvalue weighted by Gasteiger charge is -2.48. The number of ether oxygens (including phenoxy) is 1. The molecule has 2 saturated carbocycles. The minimum atomic E-state index is -4.52. The van der Waals surface area contributed by atoms with Crippen molar-refractivity contribution in [1.29, 1.82) is 5.41 Å². The number of guanidine groups is 1. The Labute approximate surface area is 252 Å². The summed E-state index contributed by atoms with van der Waals surface area (Å²) in [6, 6.07) is -2.24. The van der Waals surface area contributed by atoms with E-state index in [4.69, 9.17) is 10.1 Å². The Kier molecular flexibility index (Phi) is 9.04. The third-order valence-corrected chi connectivity index (χ3v) is 10.6. The second-order valence-corrected chi connectivity index (χ2v) is 13.5. The summed E-state index contributed by atoms with van der Waals surface area (Å²) in [7, 11) is 3.18. The van der Waals surface area contributed by atoms with Crippen LogP contribution in [0, 0.1) is 29.1 Å². The van der Waals surface area contributed by atoms with E-state index >= 15 is 4.39 Å². The van der Waals surface area contributed by atoms with Crippen molar-refractivity contribution < 1.29 is 35.5 Å². The van der Waals surface area contributed by atoms with Crippen molar-refractivity contribution in [3.8, 4) is 0 Å². The summed E-state index contributed by atoms with van der Waals surface area (Å²) in [5.74, 6) is -0.738. The van der Waals surface area contributed by atoms with E-state index in [1.165, 1.54) is 4.90 Å². The van der Waals surface area contributed by atoms with E-state index in [9.17, 15) is 26.3 Å². The molecular formula is C27H44F7N9O. The van der Waals surface area contributed by atoms with Crippen LogP contribution in [-0.2, 0) is 4.74 Å². The molecule has 0 amide bonds. The SMILES string of the molecule is COC1NCNC(C2CC2)C1C1NCC2C(N1)N(CC1CCC(C3NC(C(F)(F)F)CN3C)C(F)C1)C(=N)N2CC(F)(F)F. The fourth-order valence-corrected chi connectivity index (χ4v) is 8.33. The average molecular weight is 644 g/mol. The molecule has 0 aromatic rings. The van der Waals surface area contributed by atoms with E-state index in [-0.39, 0.29) is 62.3 Å². The van der Waals surface area contributed by atoms with Crippen LogP contribution in [0.25, 0.3) is 0 Å². The molecule has 2 aliphatic carbocycles. The molecule has 0 bridgehead atoms. The number of hydrogen-bond donors (Lipinski definition) is 6. The highest BCUT2D eigenvalue weighted by Gasteiger charge is 2.55. The molecule has 11 unspecified atom stereocenters. The summed E-state index contributed by atoms with van der Waals surface area (Å²) >= 11 is 0. The van der Waals surface area contributed by atoms with E-state index in [2.05, 4.69) is 26.6 Å². The molecule has 6 aliphatic rings. The van der Waals surface area contributed by atoms with Crippen LogP contribution in [0.4, 0.5) is 30.7 Å². The zero-order chi connectivity index (χ0) is 31.6. The standard InChI is InChI=1S/C27H44F7N9O/c1-41-10-18(27(32,33)34)39-22(41)15-6-3-13(7-16(15)28)9-42-23-17(43(25(42)35)11-26(29,30)31)8-36-21(40-23)19-20(14-4-5-14)37-12-38-24(19)44-2/h13-24,35-40H,3-12H2,1-2H3. The lowest BCUT2D eigenvalue weighted by atomic mass is 9.78. The van der Waals surface area contributed by atoms with E-state index in [0.29, 0.717) is 25.4 Å². The number of halogens is 7. The van der Waals surface area contributed by atoms with Crippen LogP contribution >= 0.6 is 0 Å². The van der Waals surface area contributed by atoms with Gasteiger partial charge in [-0.3, -0.25) is 31.6 Å². The maximum absolute atomic E-state index is 15.6. The topological polar surface area (TPSA) is 103 Å². The van der Waals surface area contributed by atoms with Crippen LogP contribution in [-0.4, -0.2) is 129 Å². The average Bonchev–Trinajstić information content (AvgIpc) is 3.69. The highest BCUT2D eigenvalue weighted by molar-refractivity contribution is 5.80. The number of methoxy groups -OCH3 is 1. The quantitative estimate of drug-likeness (QED) is 0.230. The zero-order valence-electron chi connectivity index (χ0n) is 24.9. The molecule has 4 aliphatic heterocycles. The van der Waals surface area contributed by atoms with Gasteiger partial charge in [0, 0.05) is 51.3 Å². The van der Waals surface area contributed by atoms with Crippen molar-refractivity contribution in [2.24, 2.45) is 23.7 Å². The van der Waals surface area contributed by atoms with E-state index < -0.39 is 55.4 Å². The fraction of sp³-hybridized carbons (Fsp3) is 0.963. The molecule has 0 aromatic heterocycles. The highest BCUT2D eigenvalue weighted by Crippen LogP contribution is 2.41. The van der Waals surface area contributed by atoms with Gasteiger partial charge < -0.3 is 19.9 Å². The molecule has 10 nitrogen and oxygen atoms in total. The number of nitrogens with zero attached hydrogens (tertiary/aromatic N) is 3. The Morgan fingerprint density at radius 2 is 1.70 bits per heavy atom. The molecular weight excluding hydrogens is 599 g/mol. The highest BCUT2D eigenvalue weighted by atomic mass is 19.4. The number of nitrogens with one attached hydrogen (secondary N) is 6. The minimum absolute atomic E-state index is 0.0709. The molecule has 4 heterocycles. The Hall–Kier alpha value is -1.50. The monoisotopic (exact) mass is 643 g/mol. The second kappa shape index (κ2) is 12.3. The lowest BCUT2D eigenvalue weighted by Crippen LogP contribution is -2.73. The molecule has 0 spiro atoms. The van der Waals surface area contributed by atoms with Gasteiger partial charge >= 0.3 is 12.4 Å². The molecule has 6 rings (SSSR count). The van der Waals surface area contributed by atoms with E-state index in [0.717, 1.165) is 17.7 Å². The van der Waals surface area contributed by atoms with Crippen molar-refractivity contribution in [2.45, 2.75) is 93.5 Å². The van der Waals surface area contributed by atoms with Crippen LogP contribution in [0.3, 0.4) is 0 Å². The summed E-state index contributed by atoms with van der Waals surface area (Å²) in [6.07, 6.45) is -9.18. The predicted molar refractivity (Wildman–Crippen MR) is 147 cm³/mol. The first kappa shape index (κ1) is 32.4. The van der Waals surface area contributed by atoms with Crippen LogP contribution < -0.4 is 26.6 Å². The van der Waals surface area contributed by atoms with Crippen molar-refractivity contribution in [1.82, 2.24) is 41.3 Å². The van der Waals surface area contributed by atoms with Gasteiger partial charge in [-0.2, -0.15) is 26.3 Å². The smallest absolute Gasteiger partial charge is 0.366 e. The summed E-state index contributed by atoms with van der Waals surface area (Å²) in [5, 5.41) is 25.2. The largest absolute Gasteiger partial charge is 0.406 e. The Balaban J connectivity index is 1.16. The summed E-state index contributed by atoms with van der Waals surface area (Å²) in [4.78, 5) is 4.22. The first-order valence-corrected chi connectivity index (χ1v) is 15.6. The van der Waals surface area contributed by atoms with Crippen LogP contribution in [0.15, 0.2) is 0 Å². The predicted octanol–water partition coefficient (Wildman–Crippen LogP) is 1.38. The van der Waals surface area contributed by atoms with E-state index in [1.807, 2.05) is 0 Å². The van der Waals surface area contributed by atoms with Gasteiger partial charge in [-0.05, 0) is 51.0 Å². The van der Waals surface area contributed by atoms with Crippen molar-refractivity contribution in [3.05, 3.63) is 0 Å². The van der Waals surface area contributed by atoms with Crippen molar-refractivity contribution in [3.63, 3.8) is 0 Å². The maximum Gasteiger partial charge on any atom is 0.406 e. The van der Waals surface area contributed by atoms with Crippen LogP contribution in [0.5, 0.6) is 0 Å². The second-order valence-electron chi connectivity index (χ2n) is 13.5. The zero-order valence-corrected chi connectivity index (χ0v) is 24.9. The van der Waals surface area contributed by atoms with Crippen LogP contribution in [0.2, 0.25) is 0 Å². The molecule has 17 heteroatoms. The van der Waals surface area contributed by atoms with Gasteiger partial charge in [0.2, 0.25) is 0 Å². The van der Waals surface area contributed by atoms with Gasteiger partial charge in [0.05, 0.1) is 18.4 Å². The van der Waals surface area contributed by atoms with Crippen molar-refractivity contribution >= 4 is 5.96 Å². The molecule has 252 valence electrons. The molecule has 0 aromatic carbocycles. The maximum atomic E-state index is 15.6. The van der Waals surface area contributed by atoms with Gasteiger partial charge in [0.1, 0.15) is 31.2 Å². The van der Waals surface area contributed by atoms with Gasteiger partial charge in [0.15, 0.2) is 5.96 Å². The number of rotatable bonds is 7. The summed E-state index contributed by atoms with van der Waals surface area (Å²) in [6.45, 7) is -0.529. The molecule has 0 radical (unpaired) electrons. The first-order chi connectivity index (χ1) is 20.7. The molecule has 6 fully saturated rings. The Bertz CT molecular complexity index is 1030. The lowest BCUT2D eigenvalue weighted by molar-refractivity contribution is -0.151. The number of likely N-dealkylation sites (N-methyl/N-ethyl adjacent to an activating group) is 1. The summed E-state index contributed by atoms with van der Waals surface area (Å²) in [5.41, 5.74) is 0. The van der Waals surface area contributed by atoms with Crippen LogP contribution in [0.1, 0.15) is 32.1 Å².